The molecule has 15 heavy (non-hydrogen) atoms. The molecule has 5 heteroatoms. The van der Waals surface area contributed by atoms with Gasteiger partial charge in [-0.25, -0.2) is 0 Å². The Morgan fingerprint density at radius 2 is 2.27 bits per heavy atom. The maximum absolute atomic E-state index is 11.7. The molecule has 0 aliphatic heterocycles. The number of rotatable bonds is 4. The van der Waals surface area contributed by atoms with Crippen LogP contribution < -0.4 is 5.32 Å². The Morgan fingerprint density at radius 3 is 2.73 bits per heavy atom. The molecule has 5 nitrogen and oxygen atoms in total. The summed E-state index contributed by atoms with van der Waals surface area (Å²) in [5.74, 6) is 0.364. The lowest BCUT2D eigenvalue weighted by atomic mass is 10.1. The minimum Gasteiger partial charge on any atom is -0.396 e. The van der Waals surface area contributed by atoms with Gasteiger partial charge in [0, 0.05) is 13.2 Å². The quantitative estimate of drug-likeness (QED) is 0.768. The van der Waals surface area contributed by atoms with E-state index in [0.29, 0.717) is 23.6 Å². The Morgan fingerprint density at radius 1 is 1.60 bits per heavy atom. The number of hydrogen-bond acceptors (Lipinski definition) is 4. The number of carbonyl (C=O) groups excluding carboxylic acids is 1. The molecular formula is C10H16N2O3. The molecule has 0 fully saturated rings. The van der Waals surface area contributed by atoms with Crippen LogP contribution >= 0.6 is 0 Å². The second-order valence-electron chi connectivity index (χ2n) is 3.70. The fraction of sp³-hybridized carbons (Fsp3) is 0.600. The molecule has 1 aromatic heterocycles. The van der Waals surface area contributed by atoms with Crippen LogP contribution in [0.1, 0.15) is 28.7 Å². The van der Waals surface area contributed by atoms with Crippen molar-refractivity contribution in [2.45, 2.75) is 20.8 Å². The number of nitrogens with zero attached hydrogens (tertiary/aromatic N) is 1. The lowest BCUT2D eigenvalue weighted by Gasteiger charge is -2.08. The van der Waals surface area contributed by atoms with E-state index >= 15 is 0 Å². The highest BCUT2D eigenvalue weighted by Crippen LogP contribution is 2.11. The fourth-order valence-electron chi connectivity index (χ4n) is 1.23. The Labute approximate surface area is 88.5 Å². The van der Waals surface area contributed by atoms with E-state index in [4.69, 9.17) is 9.63 Å². The van der Waals surface area contributed by atoms with Gasteiger partial charge >= 0.3 is 0 Å². The van der Waals surface area contributed by atoms with Crippen LogP contribution in [0.25, 0.3) is 0 Å². The number of aromatic nitrogens is 1. The van der Waals surface area contributed by atoms with E-state index in [2.05, 4.69) is 10.5 Å². The van der Waals surface area contributed by atoms with Crippen LogP contribution in [-0.4, -0.2) is 29.3 Å². The monoisotopic (exact) mass is 212 g/mol. The Kier molecular flexibility index (Phi) is 3.85. The normalized spacial score (nSPS) is 12.5. The van der Waals surface area contributed by atoms with Crippen LogP contribution in [-0.2, 0) is 0 Å². The van der Waals surface area contributed by atoms with E-state index in [1.807, 2.05) is 6.92 Å². The molecule has 0 radical (unpaired) electrons. The topological polar surface area (TPSA) is 75.4 Å². The zero-order valence-corrected chi connectivity index (χ0v) is 9.20. The molecule has 1 rings (SSSR count). The van der Waals surface area contributed by atoms with E-state index in [9.17, 15) is 4.79 Å². The van der Waals surface area contributed by atoms with Crippen LogP contribution in [0.4, 0.5) is 0 Å². The number of amides is 1. The van der Waals surface area contributed by atoms with E-state index < -0.39 is 0 Å². The van der Waals surface area contributed by atoms with Gasteiger partial charge in [0.15, 0.2) is 0 Å². The smallest absolute Gasteiger partial charge is 0.256 e. The number of hydrogen-bond donors (Lipinski definition) is 2. The van der Waals surface area contributed by atoms with Crippen molar-refractivity contribution in [1.29, 1.82) is 0 Å². The van der Waals surface area contributed by atoms with Gasteiger partial charge < -0.3 is 14.9 Å². The van der Waals surface area contributed by atoms with Gasteiger partial charge in [-0.2, -0.15) is 0 Å². The van der Waals surface area contributed by atoms with Crippen LogP contribution in [0.2, 0.25) is 0 Å². The van der Waals surface area contributed by atoms with Gasteiger partial charge in [0.2, 0.25) is 0 Å². The van der Waals surface area contributed by atoms with Gasteiger partial charge in [0.25, 0.3) is 5.91 Å². The number of carbonyl (C=O) groups is 1. The van der Waals surface area contributed by atoms with Crippen molar-refractivity contribution >= 4 is 5.91 Å². The lowest BCUT2D eigenvalue weighted by Crippen LogP contribution is -2.30. The predicted octanol–water partition coefficient (Wildman–Crippen LogP) is 0.650. The molecule has 1 atom stereocenters. The molecule has 0 aromatic carbocycles. The van der Waals surface area contributed by atoms with Gasteiger partial charge in [0.05, 0.1) is 5.69 Å². The highest BCUT2D eigenvalue weighted by atomic mass is 16.5. The SMILES string of the molecule is Cc1noc(C)c1C(=O)NCC(C)CO. The summed E-state index contributed by atoms with van der Waals surface area (Å²) in [5, 5.41) is 15.2. The summed E-state index contributed by atoms with van der Waals surface area (Å²) in [6, 6.07) is 0. The molecule has 1 heterocycles. The highest BCUT2D eigenvalue weighted by Gasteiger charge is 2.17. The maximum Gasteiger partial charge on any atom is 0.256 e. The fourth-order valence-corrected chi connectivity index (χ4v) is 1.23. The summed E-state index contributed by atoms with van der Waals surface area (Å²) in [7, 11) is 0. The molecule has 84 valence electrons. The molecule has 2 N–H and O–H groups in total. The average molecular weight is 212 g/mol. The van der Waals surface area contributed by atoms with Crippen LogP contribution in [0.5, 0.6) is 0 Å². The third-order valence-electron chi connectivity index (χ3n) is 2.18. The molecular weight excluding hydrogens is 196 g/mol. The van der Waals surface area contributed by atoms with Crippen molar-refractivity contribution in [2.24, 2.45) is 5.92 Å². The van der Waals surface area contributed by atoms with Gasteiger partial charge in [-0.15, -0.1) is 0 Å². The average Bonchev–Trinajstić information content (AvgIpc) is 2.54. The third kappa shape index (κ3) is 2.79. The number of nitrogens with one attached hydrogen (secondary N) is 1. The second-order valence-corrected chi connectivity index (χ2v) is 3.70. The summed E-state index contributed by atoms with van der Waals surface area (Å²) in [4.78, 5) is 11.7. The minimum atomic E-state index is -0.202. The van der Waals surface area contributed by atoms with Crippen molar-refractivity contribution in [3.63, 3.8) is 0 Å². The zero-order chi connectivity index (χ0) is 11.4. The Balaban J connectivity index is 2.62. The molecule has 0 bridgehead atoms. The van der Waals surface area contributed by atoms with E-state index in [0.717, 1.165) is 0 Å². The number of aliphatic hydroxyl groups is 1. The first-order chi connectivity index (χ1) is 7.06. The summed E-state index contributed by atoms with van der Waals surface area (Å²) in [5.41, 5.74) is 1.07. The Bertz CT molecular complexity index is 327. The first-order valence-electron chi connectivity index (χ1n) is 4.88. The first-order valence-corrected chi connectivity index (χ1v) is 4.88. The summed E-state index contributed by atoms with van der Waals surface area (Å²) < 4.78 is 4.89. The predicted molar refractivity (Wildman–Crippen MR) is 54.6 cm³/mol. The Hall–Kier alpha value is -1.36. The van der Waals surface area contributed by atoms with Crippen LogP contribution in [0, 0.1) is 19.8 Å². The van der Waals surface area contributed by atoms with Gasteiger partial charge in [-0.3, -0.25) is 4.79 Å². The molecule has 0 aliphatic carbocycles. The third-order valence-corrected chi connectivity index (χ3v) is 2.18. The van der Waals surface area contributed by atoms with Crippen molar-refractivity contribution in [3.05, 3.63) is 17.0 Å². The minimum absolute atomic E-state index is 0.0504. The molecule has 0 aliphatic rings. The highest BCUT2D eigenvalue weighted by molar-refractivity contribution is 5.96. The first kappa shape index (κ1) is 11.7. The molecule has 0 saturated heterocycles. The standard InChI is InChI=1S/C10H16N2O3/c1-6(5-13)4-11-10(14)9-7(2)12-15-8(9)3/h6,13H,4-5H2,1-3H3,(H,11,14). The molecule has 0 saturated carbocycles. The van der Waals surface area contributed by atoms with Crippen LogP contribution in [0.3, 0.4) is 0 Å². The van der Waals surface area contributed by atoms with Gasteiger partial charge in [-0.1, -0.05) is 12.1 Å². The summed E-state index contributed by atoms with van der Waals surface area (Å²) in [6.07, 6.45) is 0. The largest absolute Gasteiger partial charge is 0.396 e. The zero-order valence-electron chi connectivity index (χ0n) is 9.20. The summed E-state index contributed by atoms with van der Waals surface area (Å²) >= 11 is 0. The maximum atomic E-state index is 11.7. The van der Waals surface area contributed by atoms with E-state index in [1.54, 1.807) is 13.8 Å². The molecule has 1 unspecified atom stereocenters. The van der Waals surface area contributed by atoms with Crippen molar-refractivity contribution in [2.75, 3.05) is 13.2 Å². The van der Waals surface area contributed by atoms with Gasteiger partial charge in [-0.05, 0) is 19.8 Å². The number of aliphatic hydroxyl groups excluding tert-OH is 1. The van der Waals surface area contributed by atoms with Gasteiger partial charge in [0.1, 0.15) is 11.3 Å². The van der Waals surface area contributed by atoms with Crippen molar-refractivity contribution in [3.8, 4) is 0 Å². The number of aryl methyl sites for hydroxylation is 2. The molecule has 0 spiro atoms. The molecule has 1 amide bonds. The lowest BCUT2D eigenvalue weighted by molar-refractivity contribution is 0.0940. The van der Waals surface area contributed by atoms with Crippen LogP contribution in [0.15, 0.2) is 4.52 Å². The summed E-state index contributed by atoms with van der Waals surface area (Å²) in [6.45, 7) is 5.78. The van der Waals surface area contributed by atoms with E-state index in [1.165, 1.54) is 0 Å². The van der Waals surface area contributed by atoms with Crippen molar-refractivity contribution in [1.82, 2.24) is 10.5 Å². The van der Waals surface area contributed by atoms with Crippen molar-refractivity contribution < 1.29 is 14.4 Å². The second kappa shape index (κ2) is 4.93. The molecule has 1 aromatic rings. The van der Waals surface area contributed by atoms with E-state index in [-0.39, 0.29) is 18.4 Å².